The van der Waals surface area contributed by atoms with Gasteiger partial charge in [-0.2, -0.15) is 0 Å². The molecule has 2 aromatic heterocycles. The largest absolute Gasteiger partial charge is 0.496 e. The highest BCUT2D eigenvalue weighted by molar-refractivity contribution is 6.39. The minimum Gasteiger partial charge on any atom is -0.496 e. The van der Waals surface area contributed by atoms with Crippen LogP contribution in [0.5, 0.6) is 11.6 Å². The maximum atomic E-state index is 11.8. The van der Waals surface area contributed by atoms with E-state index in [4.69, 9.17) is 42.4 Å². The number of methoxy groups -OCH3 is 2. The molecule has 9 nitrogen and oxygen atoms in total. The van der Waals surface area contributed by atoms with Crippen molar-refractivity contribution in [3.05, 3.63) is 82.0 Å². The van der Waals surface area contributed by atoms with Gasteiger partial charge in [-0.05, 0) is 39.1 Å². The van der Waals surface area contributed by atoms with Gasteiger partial charge in [-0.15, -0.1) is 0 Å². The molecule has 1 atom stereocenters. The molecule has 0 spiro atoms. The molecule has 0 saturated heterocycles. The average Bonchev–Trinajstić information content (AvgIpc) is 3.01. The second-order valence-corrected chi connectivity index (χ2v) is 11.4. The summed E-state index contributed by atoms with van der Waals surface area (Å²) < 4.78 is 16.3. The Labute approximate surface area is 273 Å². The van der Waals surface area contributed by atoms with Gasteiger partial charge in [-0.1, -0.05) is 59.6 Å². The highest BCUT2D eigenvalue weighted by atomic mass is 35.5. The number of pyridine rings is 2. The predicted molar refractivity (Wildman–Crippen MR) is 178 cm³/mol. The quantitative estimate of drug-likeness (QED) is 0.135. The number of ether oxygens (including phenoxy) is 3. The number of hydrogen-bond acceptors (Lipinski definition) is 9. The van der Waals surface area contributed by atoms with Crippen molar-refractivity contribution in [2.24, 2.45) is 0 Å². The molecule has 0 fully saturated rings. The molecule has 0 aliphatic carbocycles. The Kier molecular flexibility index (Phi) is 12.2. The first-order valence-electron chi connectivity index (χ1n) is 14.5. The third-order valence-corrected chi connectivity index (χ3v) is 7.77. The summed E-state index contributed by atoms with van der Waals surface area (Å²) in [6.07, 6.45) is 0.524. The van der Waals surface area contributed by atoms with Gasteiger partial charge >= 0.3 is 5.97 Å². The highest BCUT2D eigenvalue weighted by Gasteiger charge is 2.19. The zero-order valence-corrected chi connectivity index (χ0v) is 27.5. The normalized spacial score (nSPS) is 11.8. The summed E-state index contributed by atoms with van der Waals surface area (Å²) >= 11 is 14.0. The van der Waals surface area contributed by atoms with Gasteiger partial charge in [0.2, 0.25) is 5.88 Å². The lowest BCUT2D eigenvalue weighted by molar-refractivity contribution is -0.149. The van der Waals surface area contributed by atoms with E-state index in [-0.39, 0.29) is 19.1 Å². The van der Waals surface area contributed by atoms with E-state index in [1.54, 1.807) is 34.3 Å². The second-order valence-electron chi connectivity index (χ2n) is 10.6. The summed E-state index contributed by atoms with van der Waals surface area (Å²) in [7, 11) is 5.05. The molecule has 0 radical (unpaired) electrons. The summed E-state index contributed by atoms with van der Waals surface area (Å²) in [4.78, 5) is 21.1. The molecule has 4 rings (SSSR count). The van der Waals surface area contributed by atoms with Gasteiger partial charge in [0.25, 0.3) is 0 Å². The van der Waals surface area contributed by atoms with Crippen LogP contribution in [0.2, 0.25) is 10.0 Å². The van der Waals surface area contributed by atoms with Gasteiger partial charge < -0.3 is 30.0 Å². The van der Waals surface area contributed by atoms with Gasteiger partial charge in [0.05, 0.1) is 54.3 Å². The van der Waals surface area contributed by atoms with Crippen LogP contribution in [-0.2, 0) is 22.6 Å². The molecular weight excluding hydrogens is 615 g/mol. The summed E-state index contributed by atoms with van der Waals surface area (Å²) in [5, 5.41) is 17.4. The first-order valence-corrected chi connectivity index (χ1v) is 15.3. The van der Waals surface area contributed by atoms with E-state index in [1.165, 1.54) is 0 Å². The van der Waals surface area contributed by atoms with Crippen LogP contribution in [0.3, 0.4) is 0 Å². The maximum absolute atomic E-state index is 11.8. The topological polar surface area (TPSA) is 115 Å². The molecule has 0 aliphatic rings. The molecule has 11 heteroatoms. The van der Waals surface area contributed by atoms with E-state index >= 15 is 0 Å². The highest BCUT2D eigenvalue weighted by Crippen LogP contribution is 2.42. The van der Waals surface area contributed by atoms with Crippen molar-refractivity contribution in [3.8, 4) is 45.3 Å². The fraction of sp³-hybridized carbons (Fsp3) is 0.324. The Morgan fingerprint density at radius 2 is 1.67 bits per heavy atom. The van der Waals surface area contributed by atoms with Gasteiger partial charge in [-0.25, -0.2) is 4.98 Å². The molecule has 238 valence electrons. The number of carbonyl (C=O) groups is 1. The van der Waals surface area contributed by atoms with Crippen molar-refractivity contribution in [3.63, 3.8) is 0 Å². The van der Waals surface area contributed by atoms with Crippen molar-refractivity contribution < 1.29 is 24.1 Å². The van der Waals surface area contributed by atoms with Crippen molar-refractivity contribution in [2.45, 2.75) is 45.6 Å². The predicted octanol–water partition coefficient (Wildman–Crippen LogP) is 6.31. The summed E-state index contributed by atoms with van der Waals surface area (Å²) in [5.74, 6) is 0.720. The molecule has 4 aromatic rings. The monoisotopic (exact) mass is 652 g/mol. The number of esters is 1. The number of aliphatic hydroxyl groups excluding tert-OH is 1. The number of hydrogen-bond donors (Lipinski definition) is 3. The van der Waals surface area contributed by atoms with Gasteiger partial charge in [0.15, 0.2) is 0 Å². The number of benzene rings is 2. The molecule has 0 unspecified atom stereocenters. The molecule has 2 aromatic carbocycles. The van der Waals surface area contributed by atoms with Crippen molar-refractivity contribution >= 4 is 29.2 Å². The standard InChI is InChI=1S/C34H38Cl2N4O5/c1-20(2)45-30(42)16-24(41)19-38-18-22-10-9-21(15-29(22)43-4)33-32(36)26(13-14-39-33)25-7-6-8-27(31(25)35)28-12-11-23(17-37-3)34(40-28)44-5/h6-15,20,24,37-38,41H,16-19H2,1-5H3/t24-/m1/s1. The van der Waals surface area contributed by atoms with E-state index in [0.717, 1.165) is 33.4 Å². The minimum absolute atomic E-state index is 0.0810. The van der Waals surface area contributed by atoms with Crippen molar-refractivity contribution in [2.75, 3.05) is 27.8 Å². The van der Waals surface area contributed by atoms with Crippen molar-refractivity contribution in [1.82, 2.24) is 20.6 Å². The molecule has 0 amide bonds. The van der Waals surface area contributed by atoms with Crippen LogP contribution in [0, 0.1) is 0 Å². The molecule has 45 heavy (non-hydrogen) atoms. The van der Waals surface area contributed by atoms with Crippen LogP contribution < -0.4 is 20.1 Å². The first-order chi connectivity index (χ1) is 21.7. The number of nitrogens with zero attached hydrogens (tertiary/aromatic N) is 2. The molecule has 2 heterocycles. The maximum Gasteiger partial charge on any atom is 0.308 e. The average molecular weight is 654 g/mol. The summed E-state index contributed by atoms with van der Waals surface area (Å²) in [6, 6.07) is 17.2. The molecule has 0 saturated carbocycles. The third-order valence-electron chi connectivity index (χ3n) is 6.98. The van der Waals surface area contributed by atoms with Crippen LogP contribution >= 0.6 is 23.2 Å². The van der Waals surface area contributed by atoms with Crippen LogP contribution in [0.4, 0.5) is 0 Å². The number of aliphatic hydroxyl groups is 1. The lowest BCUT2D eigenvalue weighted by Gasteiger charge is -2.16. The van der Waals surface area contributed by atoms with Crippen LogP contribution in [0.25, 0.3) is 33.6 Å². The Hall–Kier alpha value is -3.73. The Bertz CT molecular complexity index is 1630. The molecule has 0 bridgehead atoms. The molecular formula is C34H38Cl2N4O5. The minimum atomic E-state index is -0.867. The van der Waals surface area contributed by atoms with E-state index in [1.807, 2.05) is 61.6 Å². The fourth-order valence-electron chi connectivity index (χ4n) is 4.90. The van der Waals surface area contributed by atoms with Gasteiger partial charge in [0, 0.05) is 59.2 Å². The van der Waals surface area contributed by atoms with Crippen LogP contribution in [0.1, 0.15) is 31.4 Å². The van der Waals surface area contributed by atoms with E-state index in [9.17, 15) is 9.90 Å². The first kappa shape index (κ1) is 34.1. The van der Waals surface area contributed by atoms with E-state index < -0.39 is 12.1 Å². The van der Waals surface area contributed by atoms with Crippen LogP contribution in [-0.4, -0.2) is 61.1 Å². The van der Waals surface area contributed by atoms with Crippen molar-refractivity contribution in [1.29, 1.82) is 0 Å². The SMILES string of the molecule is CNCc1ccc(-c2cccc(-c3ccnc(-c4ccc(CNC[C@H](O)CC(=O)OC(C)C)c(OC)c4)c3Cl)c2Cl)nc1OC. The number of rotatable bonds is 14. The molecule has 0 aliphatic heterocycles. The smallest absolute Gasteiger partial charge is 0.308 e. The summed E-state index contributed by atoms with van der Waals surface area (Å²) in [5.41, 5.74) is 6.04. The number of carbonyl (C=O) groups excluding carboxylic acids is 1. The van der Waals surface area contributed by atoms with Gasteiger partial charge in [-0.3, -0.25) is 9.78 Å². The fourth-order valence-corrected chi connectivity index (χ4v) is 5.55. The van der Waals surface area contributed by atoms with Crippen LogP contribution in [0.15, 0.2) is 60.8 Å². The van der Waals surface area contributed by atoms with E-state index in [2.05, 4.69) is 15.6 Å². The Morgan fingerprint density at radius 1 is 0.933 bits per heavy atom. The number of halogens is 2. The number of nitrogens with one attached hydrogen (secondary N) is 2. The Morgan fingerprint density at radius 3 is 2.38 bits per heavy atom. The van der Waals surface area contributed by atoms with E-state index in [0.29, 0.717) is 46.2 Å². The Balaban J connectivity index is 1.57. The third kappa shape index (κ3) is 8.51. The lowest BCUT2D eigenvalue weighted by Crippen LogP contribution is -2.29. The lowest BCUT2D eigenvalue weighted by atomic mass is 9.99. The van der Waals surface area contributed by atoms with Gasteiger partial charge in [0.1, 0.15) is 5.75 Å². The number of aromatic nitrogens is 2. The molecule has 3 N–H and O–H groups in total. The zero-order valence-electron chi connectivity index (χ0n) is 26.0. The zero-order chi connectivity index (χ0) is 32.5. The summed E-state index contributed by atoms with van der Waals surface area (Å²) in [6.45, 7) is 4.80. The second kappa shape index (κ2) is 16.0.